The van der Waals surface area contributed by atoms with Crippen molar-refractivity contribution in [3.8, 4) is 0 Å². The molecule has 0 spiro atoms. The Morgan fingerprint density at radius 3 is 2.65 bits per heavy atom. The second-order valence-electron chi connectivity index (χ2n) is 5.80. The first-order valence-corrected chi connectivity index (χ1v) is 7.89. The molecule has 23 heavy (non-hydrogen) atoms. The van der Waals surface area contributed by atoms with Crippen LogP contribution in [-0.2, 0) is 13.0 Å². The molecular formula is C16H20F2N4O. The van der Waals surface area contributed by atoms with Crippen LogP contribution in [0.25, 0.3) is 0 Å². The van der Waals surface area contributed by atoms with Gasteiger partial charge in [-0.2, -0.15) is 0 Å². The van der Waals surface area contributed by atoms with Crippen molar-refractivity contribution in [1.82, 2.24) is 15.1 Å². The summed E-state index contributed by atoms with van der Waals surface area (Å²) >= 11 is 0. The van der Waals surface area contributed by atoms with Crippen LogP contribution < -0.4 is 5.32 Å². The molecule has 7 heteroatoms. The zero-order valence-electron chi connectivity index (χ0n) is 13.1. The lowest BCUT2D eigenvalue weighted by molar-refractivity contribution is 0.210. The number of benzene rings is 1. The molecule has 124 valence electrons. The first-order chi connectivity index (χ1) is 11.1. The molecule has 1 aliphatic rings. The maximum absolute atomic E-state index is 13.2. The first-order valence-electron chi connectivity index (χ1n) is 7.89. The monoisotopic (exact) mass is 322 g/mol. The van der Waals surface area contributed by atoms with Crippen molar-refractivity contribution in [3.05, 3.63) is 41.3 Å². The molecule has 5 nitrogen and oxygen atoms in total. The summed E-state index contributed by atoms with van der Waals surface area (Å²) in [6.07, 6.45) is 2.60. The van der Waals surface area contributed by atoms with E-state index in [4.69, 9.17) is 4.42 Å². The Morgan fingerprint density at radius 1 is 1.22 bits per heavy atom. The average Bonchev–Trinajstić information content (AvgIpc) is 3.00. The predicted octanol–water partition coefficient (Wildman–Crippen LogP) is 2.99. The van der Waals surface area contributed by atoms with Gasteiger partial charge in [0.2, 0.25) is 5.89 Å². The van der Waals surface area contributed by atoms with Gasteiger partial charge in [0.05, 0.1) is 0 Å². The minimum Gasteiger partial charge on any atom is -0.408 e. The SMILES string of the molecule is CCc1nnc(NC2CCN(Cc3ccc(F)c(F)c3)CC2)o1. The summed E-state index contributed by atoms with van der Waals surface area (Å²) in [6.45, 7) is 4.36. The average molecular weight is 322 g/mol. The Bertz CT molecular complexity index is 653. The van der Waals surface area contributed by atoms with Crippen LogP contribution in [0.2, 0.25) is 0 Å². The molecule has 1 saturated heterocycles. The smallest absolute Gasteiger partial charge is 0.315 e. The Balaban J connectivity index is 1.49. The molecule has 0 saturated carbocycles. The lowest BCUT2D eigenvalue weighted by Crippen LogP contribution is -2.38. The molecule has 3 rings (SSSR count). The molecule has 0 radical (unpaired) electrons. The van der Waals surface area contributed by atoms with E-state index in [-0.39, 0.29) is 0 Å². The molecule has 1 fully saturated rings. The van der Waals surface area contributed by atoms with Crippen LogP contribution >= 0.6 is 0 Å². The van der Waals surface area contributed by atoms with E-state index in [0.717, 1.165) is 37.9 Å². The van der Waals surface area contributed by atoms with Gasteiger partial charge >= 0.3 is 6.01 Å². The number of rotatable bonds is 5. The number of hydrogen-bond donors (Lipinski definition) is 1. The fourth-order valence-corrected chi connectivity index (χ4v) is 2.76. The summed E-state index contributed by atoms with van der Waals surface area (Å²) in [7, 11) is 0. The molecule has 1 aliphatic heterocycles. The third kappa shape index (κ3) is 4.04. The van der Waals surface area contributed by atoms with E-state index in [1.54, 1.807) is 6.07 Å². The van der Waals surface area contributed by atoms with Gasteiger partial charge in [-0.15, -0.1) is 5.10 Å². The van der Waals surface area contributed by atoms with Gasteiger partial charge in [0.25, 0.3) is 0 Å². The van der Waals surface area contributed by atoms with Crippen molar-refractivity contribution in [2.24, 2.45) is 0 Å². The number of piperidine rings is 1. The number of halogens is 2. The van der Waals surface area contributed by atoms with Crippen LogP contribution in [0.15, 0.2) is 22.6 Å². The zero-order valence-corrected chi connectivity index (χ0v) is 13.1. The molecule has 0 atom stereocenters. The van der Waals surface area contributed by atoms with E-state index < -0.39 is 11.6 Å². The molecule has 0 amide bonds. The fraction of sp³-hybridized carbons (Fsp3) is 0.500. The molecule has 2 aromatic rings. The number of likely N-dealkylation sites (tertiary alicyclic amines) is 1. The summed E-state index contributed by atoms with van der Waals surface area (Å²) in [4.78, 5) is 2.23. The molecule has 0 bridgehead atoms. The summed E-state index contributed by atoms with van der Waals surface area (Å²) in [5.74, 6) is -0.965. The summed E-state index contributed by atoms with van der Waals surface area (Å²) < 4.78 is 31.6. The molecular weight excluding hydrogens is 302 g/mol. The summed E-state index contributed by atoms with van der Waals surface area (Å²) in [5, 5.41) is 11.2. The topological polar surface area (TPSA) is 54.2 Å². The van der Waals surface area contributed by atoms with E-state index in [0.29, 0.717) is 24.5 Å². The van der Waals surface area contributed by atoms with Crippen molar-refractivity contribution in [2.45, 2.75) is 38.8 Å². The second kappa shape index (κ2) is 7.04. The number of nitrogens with one attached hydrogen (secondary N) is 1. The summed E-state index contributed by atoms with van der Waals surface area (Å²) in [5.41, 5.74) is 0.791. The molecule has 2 heterocycles. The van der Waals surface area contributed by atoms with Gasteiger partial charge in [-0.3, -0.25) is 4.90 Å². The maximum Gasteiger partial charge on any atom is 0.315 e. The number of aromatic nitrogens is 2. The van der Waals surface area contributed by atoms with E-state index >= 15 is 0 Å². The van der Waals surface area contributed by atoms with Gasteiger partial charge in [0.15, 0.2) is 11.6 Å². The van der Waals surface area contributed by atoms with Crippen LogP contribution in [0, 0.1) is 11.6 Å². The van der Waals surface area contributed by atoms with Gasteiger partial charge < -0.3 is 9.73 Å². The van der Waals surface area contributed by atoms with Crippen LogP contribution in [0.4, 0.5) is 14.8 Å². The Kier molecular flexibility index (Phi) is 4.85. The van der Waals surface area contributed by atoms with Gasteiger partial charge in [-0.25, -0.2) is 8.78 Å². The molecule has 0 aliphatic carbocycles. The van der Waals surface area contributed by atoms with Gasteiger partial charge in [-0.1, -0.05) is 18.1 Å². The Morgan fingerprint density at radius 2 is 2.00 bits per heavy atom. The van der Waals surface area contributed by atoms with E-state index in [2.05, 4.69) is 20.4 Å². The maximum atomic E-state index is 13.2. The minimum atomic E-state index is -0.803. The van der Waals surface area contributed by atoms with Crippen LogP contribution in [0.1, 0.15) is 31.2 Å². The highest BCUT2D eigenvalue weighted by Crippen LogP contribution is 2.18. The van der Waals surface area contributed by atoms with Gasteiger partial charge in [0.1, 0.15) is 0 Å². The van der Waals surface area contributed by atoms with Crippen molar-refractivity contribution in [2.75, 3.05) is 18.4 Å². The molecule has 1 aromatic heterocycles. The van der Waals surface area contributed by atoms with E-state index in [9.17, 15) is 8.78 Å². The van der Waals surface area contributed by atoms with Crippen molar-refractivity contribution in [1.29, 1.82) is 0 Å². The van der Waals surface area contributed by atoms with Crippen LogP contribution in [-0.4, -0.2) is 34.2 Å². The lowest BCUT2D eigenvalue weighted by atomic mass is 10.0. The Labute approximate surface area is 133 Å². The summed E-state index contributed by atoms with van der Waals surface area (Å²) in [6, 6.07) is 4.85. The van der Waals surface area contributed by atoms with E-state index in [1.807, 2.05) is 6.92 Å². The predicted molar refractivity (Wildman–Crippen MR) is 82.0 cm³/mol. The molecule has 0 unspecified atom stereocenters. The van der Waals surface area contributed by atoms with Crippen LogP contribution in [0.3, 0.4) is 0 Å². The lowest BCUT2D eigenvalue weighted by Gasteiger charge is -2.31. The van der Waals surface area contributed by atoms with Crippen molar-refractivity contribution >= 4 is 6.01 Å². The highest BCUT2D eigenvalue weighted by Gasteiger charge is 2.21. The standard InChI is InChI=1S/C16H20F2N4O/c1-2-15-20-21-16(23-15)19-12-5-7-22(8-6-12)10-11-3-4-13(17)14(18)9-11/h3-4,9,12H,2,5-8,10H2,1H3,(H,19,21). The minimum absolute atomic E-state index is 0.293. The first kappa shape index (κ1) is 15.9. The quantitative estimate of drug-likeness (QED) is 0.917. The van der Waals surface area contributed by atoms with E-state index in [1.165, 1.54) is 12.1 Å². The Hall–Kier alpha value is -2.02. The number of nitrogens with zero attached hydrogens (tertiary/aromatic N) is 3. The highest BCUT2D eigenvalue weighted by molar-refractivity contribution is 5.20. The highest BCUT2D eigenvalue weighted by atomic mass is 19.2. The number of anilines is 1. The molecule has 1 N–H and O–H groups in total. The normalized spacial score (nSPS) is 16.7. The fourth-order valence-electron chi connectivity index (χ4n) is 2.76. The number of aryl methyl sites for hydroxylation is 1. The third-order valence-corrected chi connectivity index (χ3v) is 4.07. The van der Waals surface area contributed by atoms with Crippen molar-refractivity contribution < 1.29 is 13.2 Å². The third-order valence-electron chi connectivity index (χ3n) is 4.07. The zero-order chi connectivity index (χ0) is 16.2. The van der Waals surface area contributed by atoms with Gasteiger partial charge in [-0.05, 0) is 30.5 Å². The van der Waals surface area contributed by atoms with Gasteiger partial charge in [0, 0.05) is 32.1 Å². The largest absolute Gasteiger partial charge is 0.408 e. The van der Waals surface area contributed by atoms with Crippen molar-refractivity contribution in [3.63, 3.8) is 0 Å². The molecule has 1 aromatic carbocycles. The number of hydrogen-bond acceptors (Lipinski definition) is 5. The second-order valence-corrected chi connectivity index (χ2v) is 5.80. The van der Waals surface area contributed by atoms with Crippen LogP contribution in [0.5, 0.6) is 0 Å².